The van der Waals surface area contributed by atoms with E-state index in [4.69, 9.17) is 5.26 Å². The Balaban J connectivity index is 3.43. The highest BCUT2D eigenvalue weighted by Gasteiger charge is 1.95. The van der Waals surface area contributed by atoms with Gasteiger partial charge < -0.3 is 4.74 Å². The van der Waals surface area contributed by atoms with Crippen molar-refractivity contribution in [3.63, 3.8) is 0 Å². The first-order chi connectivity index (χ1) is 12.8. The van der Waals surface area contributed by atoms with E-state index >= 15 is 0 Å². The molecule has 0 bridgehead atoms. The van der Waals surface area contributed by atoms with Gasteiger partial charge in [-0.15, -0.1) is 0 Å². The minimum atomic E-state index is -0.539. The number of ether oxygens (including phenoxy) is 1. The Bertz CT molecular complexity index is 481. The number of nitrogens with zero attached hydrogens (tertiary/aromatic N) is 1. The van der Waals surface area contributed by atoms with Crippen LogP contribution in [0.25, 0.3) is 0 Å². The smallest absolute Gasteiger partial charge is 0.324 e. The van der Waals surface area contributed by atoms with E-state index in [9.17, 15) is 4.79 Å². The number of unbranched alkanes of at least 4 members (excludes halogenated alkanes) is 10. The average Bonchev–Trinajstić information content (AvgIpc) is 2.64. The van der Waals surface area contributed by atoms with E-state index < -0.39 is 5.97 Å². The van der Waals surface area contributed by atoms with Crippen molar-refractivity contribution >= 4 is 5.97 Å². The van der Waals surface area contributed by atoms with E-state index in [0.717, 1.165) is 6.42 Å². The summed E-state index contributed by atoms with van der Waals surface area (Å²) in [6.45, 7) is 2.26. The van der Waals surface area contributed by atoms with E-state index in [2.05, 4.69) is 23.8 Å². The lowest BCUT2D eigenvalue weighted by molar-refractivity contribution is -0.136. The van der Waals surface area contributed by atoms with Gasteiger partial charge in [-0.1, -0.05) is 101 Å². The summed E-state index contributed by atoms with van der Waals surface area (Å²) >= 11 is 0. The van der Waals surface area contributed by atoms with E-state index in [1.54, 1.807) is 18.2 Å². The number of allylic oxidation sites excluding steroid dienone is 7. The van der Waals surface area contributed by atoms with E-state index in [-0.39, 0.29) is 6.42 Å². The molecule has 0 aromatic carbocycles. The fourth-order valence-corrected chi connectivity index (χ4v) is 2.45. The molecule has 0 aromatic heterocycles. The van der Waals surface area contributed by atoms with Crippen molar-refractivity contribution in [2.75, 3.05) is 0 Å². The molecule has 3 heteroatoms. The molecule has 3 nitrogen and oxygen atoms in total. The molecule has 0 saturated carbocycles. The molecule has 0 spiro atoms. The maximum Gasteiger partial charge on any atom is 0.324 e. The van der Waals surface area contributed by atoms with Crippen molar-refractivity contribution in [3.05, 3.63) is 48.8 Å². The van der Waals surface area contributed by atoms with Gasteiger partial charge in [0, 0.05) is 0 Å². The molecule has 0 amide bonds. The van der Waals surface area contributed by atoms with Crippen LogP contribution >= 0.6 is 0 Å². The normalized spacial score (nSPS) is 11.8. The first kappa shape index (κ1) is 23.9. The molecule has 144 valence electrons. The fourth-order valence-electron chi connectivity index (χ4n) is 2.45. The Morgan fingerprint density at radius 2 is 1.35 bits per heavy atom. The lowest BCUT2D eigenvalue weighted by Crippen LogP contribution is -1.96. The summed E-state index contributed by atoms with van der Waals surface area (Å²) in [7, 11) is 0. The van der Waals surface area contributed by atoms with Crippen molar-refractivity contribution in [1.82, 2.24) is 0 Å². The first-order valence-electron chi connectivity index (χ1n) is 10.0. The van der Waals surface area contributed by atoms with Crippen LogP contribution in [-0.4, -0.2) is 5.97 Å². The van der Waals surface area contributed by atoms with Crippen molar-refractivity contribution in [2.24, 2.45) is 0 Å². The van der Waals surface area contributed by atoms with E-state index in [1.807, 2.05) is 18.2 Å². The van der Waals surface area contributed by atoms with Gasteiger partial charge in [0.25, 0.3) is 0 Å². The van der Waals surface area contributed by atoms with Crippen molar-refractivity contribution in [2.45, 2.75) is 84.0 Å². The Morgan fingerprint density at radius 3 is 1.96 bits per heavy atom. The minimum absolute atomic E-state index is 0.224. The van der Waals surface area contributed by atoms with Crippen LogP contribution in [0.5, 0.6) is 0 Å². The number of hydrogen-bond donors (Lipinski definition) is 0. The zero-order chi connectivity index (χ0) is 19.1. The van der Waals surface area contributed by atoms with Gasteiger partial charge in [0.2, 0.25) is 0 Å². The molecule has 0 aromatic rings. The largest absolute Gasteiger partial charge is 0.434 e. The van der Waals surface area contributed by atoms with Crippen LogP contribution in [0.4, 0.5) is 0 Å². The number of carbonyl (C=O) groups is 1. The summed E-state index contributed by atoms with van der Waals surface area (Å²) in [4.78, 5) is 10.9. The van der Waals surface area contributed by atoms with Crippen molar-refractivity contribution in [3.8, 4) is 6.07 Å². The third-order valence-corrected chi connectivity index (χ3v) is 3.92. The molecule has 0 radical (unpaired) electrons. The highest BCUT2D eigenvalue weighted by Crippen LogP contribution is 2.11. The second-order valence-electron chi connectivity index (χ2n) is 6.32. The molecule has 0 saturated heterocycles. The number of hydrogen-bond acceptors (Lipinski definition) is 3. The lowest BCUT2D eigenvalue weighted by atomic mass is 10.1. The second kappa shape index (κ2) is 21.0. The van der Waals surface area contributed by atoms with Gasteiger partial charge in [-0.05, 0) is 18.9 Å². The Hall–Kier alpha value is -2.08. The third kappa shape index (κ3) is 20.0. The van der Waals surface area contributed by atoms with Crippen molar-refractivity contribution in [1.29, 1.82) is 5.26 Å². The topological polar surface area (TPSA) is 50.1 Å². The summed E-state index contributed by atoms with van der Waals surface area (Å²) in [5.41, 5.74) is 0. The standard InChI is InChI=1S/C23H35NO2/c1-2-3-4-5-6-7-8-9-10-11-12-13-14-15-16-17-18-19-22-26-23(25)20-21-24/h13-19,22H,2-12,20H2,1H3/b14-13-,16-15-,18-17-,22-19-. The van der Waals surface area contributed by atoms with Crippen LogP contribution < -0.4 is 0 Å². The maximum absolute atomic E-state index is 10.9. The van der Waals surface area contributed by atoms with Gasteiger partial charge in [-0.25, -0.2) is 0 Å². The van der Waals surface area contributed by atoms with Crippen LogP contribution in [0, 0.1) is 11.3 Å². The quantitative estimate of drug-likeness (QED) is 0.130. The highest BCUT2D eigenvalue weighted by atomic mass is 16.5. The number of nitriles is 1. The van der Waals surface area contributed by atoms with Gasteiger partial charge in [-0.2, -0.15) is 5.26 Å². The number of carbonyl (C=O) groups excluding carboxylic acids is 1. The molecule has 0 unspecified atom stereocenters. The zero-order valence-corrected chi connectivity index (χ0v) is 16.4. The summed E-state index contributed by atoms with van der Waals surface area (Å²) < 4.78 is 4.68. The molecule has 0 aliphatic heterocycles. The number of rotatable bonds is 16. The minimum Gasteiger partial charge on any atom is -0.434 e. The summed E-state index contributed by atoms with van der Waals surface area (Å²) in [5, 5.41) is 8.29. The number of esters is 1. The second-order valence-corrected chi connectivity index (χ2v) is 6.32. The van der Waals surface area contributed by atoms with Gasteiger partial charge >= 0.3 is 5.97 Å². The summed E-state index contributed by atoms with van der Waals surface area (Å²) in [6.07, 6.45) is 29.4. The van der Waals surface area contributed by atoms with Gasteiger partial charge in [0.05, 0.1) is 12.3 Å². The fraction of sp³-hybridized carbons (Fsp3) is 0.565. The summed E-state index contributed by atoms with van der Waals surface area (Å²) in [6, 6.07) is 1.73. The molecule has 0 aliphatic carbocycles. The van der Waals surface area contributed by atoms with E-state index in [1.165, 1.54) is 70.5 Å². The molecule has 0 atom stereocenters. The monoisotopic (exact) mass is 357 g/mol. The van der Waals surface area contributed by atoms with Crippen LogP contribution in [0.15, 0.2) is 48.8 Å². The average molecular weight is 358 g/mol. The molecular formula is C23H35NO2. The Kier molecular flexibility index (Phi) is 19.3. The molecule has 26 heavy (non-hydrogen) atoms. The van der Waals surface area contributed by atoms with Crippen molar-refractivity contribution < 1.29 is 9.53 Å². The van der Waals surface area contributed by atoms with Gasteiger partial charge in [0.1, 0.15) is 6.42 Å². The summed E-state index contributed by atoms with van der Waals surface area (Å²) in [5.74, 6) is -0.539. The molecule has 0 rings (SSSR count). The predicted octanol–water partition coefficient (Wildman–Crippen LogP) is 6.94. The third-order valence-electron chi connectivity index (χ3n) is 3.92. The Labute approximate surface area is 160 Å². The van der Waals surface area contributed by atoms with Crippen LogP contribution in [0.2, 0.25) is 0 Å². The zero-order valence-electron chi connectivity index (χ0n) is 16.4. The molecule has 0 fully saturated rings. The molecule has 0 aliphatic rings. The maximum atomic E-state index is 10.9. The van der Waals surface area contributed by atoms with Crippen LogP contribution in [-0.2, 0) is 9.53 Å². The van der Waals surface area contributed by atoms with Crippen LogP contribution in [0.1, 0.15) is 84.0 Å². The molecule has 0 N–H and O–H groups in total. The Morgan fingerprint density at radius 1 is 0.808 bits per heavy atom. The lowest BCUT2D eigenvalue weighted by Gasteiger charge is -2.01. The van der Waals surface area contributed by atoms with Gasteiger partial charge in [-0.3, -0.25) is 4.79 Å². The van der Waals surface area contributed by atoms with Gasteiger partial charge in [0.15, 0.2) is 0 Å². The first-order valence-corrected chi connectivity index (χ1v) is 10.0. The molecule has 0 heterocycles. The van der Waals surface area contributed by atoms with E-state index in [0.29, 0.717) is 0 Å². The predicted molar refractivity (Wildman–Crippen MR) is 109 cm³/mol. The SMILES string of the molecule is CCCCCCCCCCCC\C=C/C=C\C=C/C=C\OC(=O)CC#N. The van der Waals surface area contributed by atoms with Crippen LogP contribution in [0.3, 0.4) is 0 Å². The highest BCUT2D eigenvalue weighted by molar-refractivity contribution is 5.72. The molecular weight excluding hydrogens is 322 g/mol.